The molecule has 2 N–H and O–H groups in total. The van der Waals surface area contributed by atoms with E-state index in [0.29, 0.717) is 36.5 Å². The summed E-state index contributed by atoms with van der Waals surface area (Å²) in [6.07, 6.45) is 8.02. The number of hydrogen-bond donors (Lipinski definition) is 2. The minimum Gasteiger partial charge on any atom is -0.393 e. The summed E-state index contributed by atoms with van der Waals surface area (Å²) < 4.78 is 3.48. The summed E-state index contributed by atoms with van der Waals surface area (Å²) in [4.78, 5) is 8.88. The number of aromatic nitrogens is 7. The van der Waals surface area contributed by atoms with E-state index in [9.17, 15) is 5.11 Å². The molecule has 0 bridgehead atoms. The molecule has 0 spiro atoms. The zero-order valence-electron chi connectivity index (χ0n) is 16.8. The van der Waals surface area contributed by atoms with Crippen molar-refractivity contribution in [2.24, 2.45) is 0 Å². The van der Waals surface area contributed by atoms with Gasteiger partial charge in [0.2, 0.25) is 11.6 Å². The summed E-state index contributed by atoms with van der Waals surface area (Å²) >= 11 is 0. The Morgan fingerprint density at radius 1 is 1.16 bits per heavy atom. The standard InChI is InChI=1S/C21H21N9O/c22-8-1-9-29-13-15(11-24-29)14-2-5-17(6-3-14)30-19-12-23-21(26-20(19)27-28-30)25-16-4-7-18(31)10-16/h2-3,5-6,11-13,16,18,31H,1,4,7,9-10H2,(H,23,25,26). The monoisotopic (exact) mass is 415 g/mol. The van der Waals surface area contributed by atoms with Crippen LogP contribution < -0.4 is 5.32 Å². The van der Waals surface area contributed by atoms with Crippen LogP contribution in [0.2, 0.25) is 0 Å². The summed E-state index contributed by atoms with van der Waals surface area (Å²) in [6.45, 7) is 0.581. The van der Waals surface area contributed by atoms with Crippen molar-refractivity contribution < 1.29 is 5.11 Å². The predicted octanol–water partition coefficient (Wildman–Crippen LogP) is 2.31. The Balaban J connectivity index is 1.34. The van der Waals surface area contributed by atoms with Crippen LogP contribution in [0.25, 0.3) is 28.0 Å². The average molecular weight is 415 g/mol. The van der Waals surface area contributed by atoms with Gasteiger partial charge in [-0.1, -0.05) is 17.3 Å². The highest BCUT2D eigenvalue weighted by Crippen LogP contribution is 2.24. The molecule has 1 saturated carbocycles. The molecule has 1 aliphatic carbocycles. The Kier molecular flexibility index (Phi) is 5.01. The SMILES string of the molecule is N#CCCn1cc(-c2ccc(-n3nnc4nc(NC5CCC(O)C5)ncc43)cc2)cn1. The quantitative estimate of drug-likeness (QED) is 0.491. The van der Waals surface area contributed by atoms with E-state index in [1.807, 2.05) is 30.5 Å². The third-order valence-corrected chi connectivity index (χ3v) is 5.48. The Bertz CT molecular complexity index is 1240. The Morgan fingerprint density at radius 2 is 2.03 bits per heavy atom. The second-order valence-electron chi connectivity index (χ2n) is 7.66. The van der Waals surface area contributed by atoms with Gasteiger partial charge in [-0.05, 0) is 37.0 Å². The molecule has 1 aliphatic rings. The highest BCUT2D eigenvalue weighted by atomic mass is 16.3. The van der Waals surface area contributed by atoms with Crippen LogP contribution in [-0.2, 0) is 6.54 Å². The van der Waals surface area contributed by atoms with Gasteiger partial charge >= 0.3 is 0 Å². The van der Waals surface area contributed by atoms with Gasteiger partial charge in [0.25, 0.3) is 0 Å². The topological polar surface area (TPSA) is 130 Å². The van der Waals surface area contributed by atoms with Crippen molar-refractivity contribution >= 4 is 17.1 Å². The van der Waals surface area contributed by atoms with E-state index in [1.54, 1.807) is 21.8 Å². The minimum absolute atomic E-state index is 0.180. The lowest BCUT2D eigenvalue weighted by Crippen LogP contribution is -2.18. The van der Waals surface area contributed by atoms with Crippen LogP contribution in [0, 0.1) is 11.3 Å². The lowest BCUT2D eigenvalue weighted by molar-refractivity contribution is 0.182. The van der Waals surface area contributed by atoms with Gasteiger partial charge in [-0.2, -0.15) is 15.3 Å². The molecule has 1 aromatic carbocycles. The van der Waals surface area contributed by atoms with E-state index < -0.39 is 0 Å². The van der Waals surface area contributed by atoms with Gasteiger partial charge in [0.1, 0.15) is 5.52 Å². The maximum atomic E-state index is 9.68. The van der Waals surface area contributed by atoms with Crippen LogP contribution in [0.3, 0.4) is 0 Å². The fourth-order valence-corrected chi connectivity index (χ4v) is 3.85. The third-order valence-electron chi connectivity index (χ3n) is 5.48. The Hall–Kier alpha value is -3.84. The highest BCUT2D eigenvalue weighted by molar-refractivity contribution is 5.73. The molecular formula is C21H21N9O. The lowest BCUT2D eigenvalue weighted by Gasteiger charge is -2.11. The number of nitrogens with zero attached hydrogens (tertiary/aromatic N) is 8. The van der Waals surface area contributed by atoms with Gasteiger partial charge < -0.3 is 10.4 Å². The molecule has 4 aromatic rings. The van der Waals surface area contributed by atoms with Crippen molar-refractivity contribution in [3.63, 3.8) is 0 Å². The number of anilines is 1. The molecule has 0 saturated heterocycles. The van der Waals surface area contributed by atoms with Crippen LogP contribution in [-0.4, -0.2) is 52.0 Å². The molecule has 0 aliphatic heterocycles. The van der Waals surface area contributed by atoms with Crippen LogP contribution in [0.4, 0.5) is 5.95 Å². The molecular weight excluding hydrogens is 394 g/mol. The number of benzene rings is 1. The van der Waals surface area contributed by atoms with E-state index in [4.69, 9.17) is 5.26 Å². The fourth-order valence-electron chi connectivity index (χ4n) is 3.85. The third kappa shape index (κ3) is 3.95. The average Bonchev–Trinajstić information content (AvgIpc) is 3.52. The summed E-state index contributed by atoms with van der Waals surface area (Å²) in [6, 6.07) is 10.2. The molecule has 156 valence electrons. The lowest BCUT2D eigenvalue weighted by atomic mass is 10.1. The minimum atomic E-state index is -0.253. The summed E-state index contributed by atoms with van der Waals surface area (Å²) in [5, 5.41) is 34.4. The number of fused-ring (bicyclic) bond motifs is 1. The zero-order valence-corrected chi connectivity index (χ0v) is 16.8. The second-order valence-corrected chi connectivity index (χ2v) is 7.66. The molecule has 2 unspecified atom stereocenters. The zero-order chi connectivity index (χ0) is 21.2. The number of rotatable bonds is 6. The van der Waals surface area contributed by atoms with Crippen molar-refractivity contribution in [2.75, 3.05) is 5.32 Å². The van der Waals surface area contributed by atoms with Crippen molar-refractivity contribution in [2.45, 2.75) is 44.4 Å². The molecule has 5 rings (SSSR count). The van der Waals surface area contributed by atoms with Crippen molar-refractivity contribution in [3.05, 3.63) is 42.9 Å². The first-order valence-corrected chi connectivity index (χ1v) is 10.2. The number of aryl methyl sites for hydroxylation is 1. The van der Waals surface area contributed by atoms with Crippen LogP contribution in [0.1, 0.15) is 25.7 Å². The number of nitrogens with one attached hydrogen (secondary N) is 1. The van der Waals surface area contributed by atoms with Gasteiger partial charge in [0, 0.05) is 17.8 Å². The van der Waals surface area contributed by atoms with Crippen LogP contribution >= 0.6 is 0 Å². The molecule has 1 fully saturated rings. The van der Waals surface area contributed by atoms with E-state index in [2.05, 4.69) is 36.8 Å². The van der Waals surface area contributed by atoms with Gasteiger partial charge in [0.05, 0.1) is 43.2 Å². The Labute approximate surface area is 178 Å². The van der Waals surface area contributed by atoms with Crippen molar-refractivity contribution in [1.29, 1.82) is 5.26 Å². The van der Waals surface area contributed by atoms with E-state index in [-0.39, 0.29) is 12.1 Å². The molecule has 0 amide bonds. The van der Waals surface area contributed by atoms with E-state index >= 15 is 0 Å². The molecule has 10 heteroatoms. The molecule has 3 heterocycles. The summed E-state index contributed by atoms with van der Waals surface area (Å²) in [5.41, 5.74) is 4.10. The molecule has 3 aromatic heterocycles. The van der Waals surface area contributed by atoms with Gasteiger partial charge in [-0.3, -0.25) is 4.68 Å². The van der Waals surface area contributed by atoms with E-state index in [0.717, 1.165) is 29.7 Å². The number of aliphatic hydroxyl groups is 1. The highest BCUT2D eigenvalue weighted by Gasteiger charge is 2.23. The number of hydrogen-bond acceptors (Lipinski definition) is 8. The summed E-state index contributed by atoms with van der Waals surface area (Å²) in [7, 11) is 0. The normalized spacial score (nSPS) is 18.3. The van der Waals surface area contributed by atoms with Gasteiger partial charge in [0.15, 0.2) is 0 Å². The molecule has 10 nitrogen and oxygen atoms in total. The van der Waals surface area contributed by atoms with Crippen LogP contribution in [0.15, 0.2) is 42.9 Å². The fraction of sp³-hybridized carbons (Fsp3) is 0.333. The molecule has 2 atom stereocenters. The first-order valence-electron chi connectivity index (χ1n) is 10.2. The second kappa shape index (κ2) is 8.12. The van der Waals surface area contributed by atoms with Crippen molar-refractivity contribution in [3.8, 4) is 22.9 Å². The summed E-state index contributed by atoms with van der Waals surface area (Å²) in [5.74, 6) is 0.502. The maximum absolute atomic E-state index is 9.68. The maximum Gasteiger partial charge on any atom is 0.225 e. The van der Waals surface area contributed by atoms with Gasteiger partial charge in [-0.15, -0.1) is 5.10 Å². The van der Waals surface area contributed by atoms with Gasteiger partial charge in [-0.25, -0.2) is 9.67 Å². The largest absolute Gasteiger partial charge is 0.393 e. The van der Waals surface area contributed by atoms with Crippen molar-refractivity contribution in [1.82, 2.24) is 34.7 Å². The Morgan fingerprint density at radius 3 is 2.81 bits per heavy atom. The smallest absolute Gasteiger partial charge is 0.225 e. The number of nitriles is 1. The first-order chi connectivity index (χ1) is 15.2. The molecule has 0 radical (unpaired) electrons. The first kappa shape index (κ1) is 19.1. The molecule has 31 heavy (non-hydrogen) atoms. The van der Waals surface area contributed by atoms with E-state index in [1.165, 1.54) is 0 Å². The number of aliphatic hydroxyl groups excluding tert-OH is 1. The van der Waals surface area contributed by atoms with Crippen LogP contribution in [0.5, 0.6) is 0 Å². The predicted molar refractivity (Wildman–Crippen MR) is 113 cm³/mol.